The van der Waals surface area contributed by atoms with Gasteiger partial charge in [0.25, 0.3) is 0 Å². The van der Waals surface area contributed by atoms with Crippen molar-refractivity contribution >= 4 is 22.4 Å². The van der Waals surface area contributed by atoms with E-state index in [1.54, 1.807) is 12.1 Å². The maximum absolute atomic E-state index is 13.1. The zero-order chi connectivity index (χ0) is 15.5. The zero-order valence-electron chi connectivity index (χ0n) is 12.1. The van der Waals surface area contributed by atoms with E-state index in [-0.39, 0.29) is 12.2 Å². The number of rotatable bonds is 4. The lowest BCUT2D eigenvalue weighted by Gasteiger charge is -2.25. The highest BCUT2D eigenvalue weighted by Crippen LogP contribution is 2.34. The highest BCUT2D eigenvalue weighted by atomic mass is 32.1. The second-order valence-electron chi connectivity index (χ2n) is 5.39. The molecule has 6 heteroatoms. The number of nitrogens with zero attached hydrogens (tertiary/aromatic N) is 2. The number of halogens is 1. The first-order valence-electron chi connectivity index (χ1n) is 7.36. The van der Waals surface area contributed by atoms with Gasteiger partial charge in [-0.2, -0.15) is 0 Å². The number of carboxylic acids is 1. The van der Waals surface area contributed by atoms with Crippen molar-refractivity contribution < 1.29 is 14.3 Å². The van der Waals surface area contributed by atoms with Gasteiger partial charge < -0.3 is 10.0 Å². The topological polar surface area (TPSA) is 53.4 Å². The number of carboxylic acid groups (broad SMARTS) is 1. The smallest absolute Gasteiger partial charge is 0.308 e. The lowest BCUT2D eigenvalue weighted by Crippen LogP contribution is -2.29. The Bertz CT molecular complexity index is 663. The predicted molar refractivity (Wildman–Crippen MR) is 84.9 cm³/mol. The van der Waals surface area contributed by atoms with Crippen LogP contribution in [0.3, 0.4) is 0 Å². The van der Waals surface area contributed by atoms with Crippen LogP contribution in [-0.4, -0.2) is 29.1 Å². The predicted octanol–water partition coefficient (Wildman–Crippen LogP) is 3.57. The summed E-state index contributed by atoms with van der Waals surface area (Å²) >= 11 is 1.43. The number of anilines is 1. The van der Waals surface area contributed by atoms with Crippen LogP contribution in [0.25, 0.3) is 11.3 Å². The molecule has 1 aliphatic heterocycles. The number of benzene rings is 1. The van der Waals surface area contributed by atoms with Gasteiger partial charge in [-0.3, -0.25) is 4.79 Å². The van der Waals surface area contributed by atoms with Crippen molar-refractivity contribution in [2.75, 3.05) is 18.0 Å². The van der Waals surface area contributed by atoms with Gasteiger partial charge in [0, 0.05) is 23.5 Å². The average Bonchev–Trinajstić information content (AvgIpc) is 2.92. The van der Waals surface area contributed by atoms with Crippen LogP contribution in [0.5, 0.6) is 0 Å². The maximum Gasteiger partial charge on any atom is 0.308 e. The van der Waals surface area contributed by atoms with Crippen LogP contribution in [-0.2, 0) is 11.2 Å². The lowest BCUT2D eigenvalue weighted by atomic mass is 10.1. The molecule has 0 aliphatic carbocycles. The number of hydrogen-bond acceptors (Lipinski definition) is 4. The number of aromatic nitrogens is 1. The van der Waals surface area contributed by atoms with Gasteiger partial charge in [-0.25, -0.2) is 9.37 Å². The van der Waals surface area contributed by atoms with Crippen molar-refractivity contribution in [1.29, 1.82) is 0 Å². The number of thiazole rings is 1. The Balaban J connectivity index is 1.96. The molecule has 3 rings (SSSR count). The molecule has 1 aromatic carbocycles. The van der Waals surface area contributed by atoms with Gasteiger partial charge >= 0.3 is 5.97 Å². The molecule has 0 atom stereocenters. The standard InChI is InChI=1S/C16H17FN2O2S/c17-12-6-4-11(5-7-12)15-13(10-14(20)21)22-16(18-15)19-8-2-1-3-9-19/h4-7H,1-3,8-10H2,(H,20,21). The Kier molecular flexibility index (Phi) is 4.38. The molecule has 1 aliphatic rings. The monoisotopic (exact) mass is 320 g/mol. The molecule has 1 saturated heterocycles. The van der Waals surface area contributed by atoms with Gasteiger partial charge in [-0.05, 0) is 43.5 Å². The summed E-state index contributed by atoms with van der Waals surface area (Å²) in [6.07, 6.45) is 3.45. The minimum atomic E-state index is -0.878. The maximum atomic E-state index is 13.1. The van der Waals surface area contributed by atoms with Crippen LogP contribution in [0.15, 0.2) is 24.3 Å². The Morgan fingerprint density at radius 1 is 1.23 bits per heavy atom. The SMILES string of the molecule is O=C(O)Cc1sc(N2CCCCC2)nc1-c1ccc(F)cc1. The summed E-state index contributed by atoms with van der Waals surface area (Å²) in [6.45, 7) is 1.92. The first kappa shape index (κ1) is 15.0. The van der Waals surface area contributed by atoms with Gasteiger partial charge in [0.2, 0.25) is 0 Å². The average molecular weight is 320 g/mol. The van der Waals surface area contributed by atoms with Crippen LogP contribution in [0.4, 0.5) is 9.52 Å². The van der Waals surface area contributed by atoms with Gasteiger partial charge in [0.05, 0.1) is 12.1 Å². The molecule has 2 heterocycles. The number of piperidine rings is 1. The van der Waals surface area contributed by atoms with Crippen LogP contribution >= 0.6 is 11.3 Å². The van der Waals surface area contributed by atoms with Crippen LogP contribution in [0.2, 0.25) is 0 Å². The molecule has 0 unspecified atom stereocenters. The fourth-order valence-corrected chi connectivity index (χ4v) is 3.78. The lowest BCUT2D eigenvalue weighted by molar-refractivity contribution is -0.136. The normalized spacial score (nSPS) is 15.0. The third kappa shape index (κ3) is 3.27. The second-order valence-corrected chi connectivity index (χ2v) is 6.46. The Morgan fingerprint density at radius 2 is 1.91 bits per heavy atom. The summed E-state index contributed by atoms with van der Waals surface area (Å²) in [4.78, 5) is 18.7. The van der Waals surface area contributed by atoms with E-state index >= 15 is 0 Å². The third-order valence-corrected chi connectivity index (χ3v) is 4.86. The van der Waals surface area contributed by atoms with Crippen molar-refractivity contribution in [2.24, 2.45) is 0 Å². The van der Waals surface area contributed by atoms with Crippen LogP contribution in [0, 0.1) is 5.82 Å². The van der Waals surface area contributed by atoms with Crippen molar-refractivity contribution in [3.05, 3.63) is 35.0 Å². The molecule has 0 bridgehead atoms. The first-order chi connectivity index (χ1) is 10.6. The summed E-state index contributed by atoms with van der Waals surface area (Å²) in [5.74, 6) is -1.19. The molecule has 2 aromatic rings. The van der Waals surface area contributed by atoms with E-state index in [1.165, 1.54) is 29.9 Å². The molecule has 0 amide bonds. The van der Waals surface area contributed by atoms with Crippen molar-refractivity contribution in [3.63, 3.8) is 0 Å². The van der Waals surface area contributed by atoms with E-state index in [2.05, 4.69) is 9.88 Å². The van der Waals surface area contributed by atoms with Crippen molar-refractivity contribution in [1.82, 2.24) is 4.98 Å². The minimum Gasteiger partial charge on any atom is -0.481 e. The molecule has 0 saturated carbocycles. The Morgan fingerprint density at radius 3 is 2.55 bits per heavy atom. The molecule has 1 fully saturated rings. The highest BCUT2D eigenvalue weighted by molar-refractivity contribution is 7.16. The molecule has 1 aromatic heterocycles. The van der Waals surface area contributed by atoms with E-state index in [9.17, 15) is 9.18 Å². The van der Waals surface area contributed by atoms with Crippen molar-refractivity contribution in [3.8, 4) is 11.3 Å². The van der Waals surface area contributed by atoms with Gasteiger partial charge in [-0.1, -0.05) is 0 Å². The van der Waals surface area contributed by atoms with E-state index in [0.717, 1.165) is 41.5 Å². The van der Waals surface area contributed by atoms with Crippen LogP contribution < -0.4 is 4.90 Å². The number of hydrogen-bond donors (Lipinski definition) is 1. The summed E-state index contributed by atoms with van der Waals surface area (Å²) in [5.41, 5.74) is 1.42. The minimum absolute atomic E-state index is 0.0573. The van der Waals surface area contributed by atoms with Gasteiger partial charge in [-0.15, -0.1) is 11.3 Å². The summed E-state index contributed by atoms with van der Waals surface area (Å²) in [7, 11) is 0. The molecule has 22 heavy (non-hydrogen) atoms. The summed E-state index contributed by atoms with van der Waals surface area (Å²) < 4.78 is 13.1. The fraction of sp³-hybridized carbons (Fsp3) is 0.375. The van der Waals surface area contributed by atoms with E-state index in [1.807, 2.05) is 0 Å². The van der Waals surface area contributed by atoms with E-state index < -0.39 is 5.97 Å². The molecule has 116 valence electrons. The second kappa shape index (κ2) is 6.44. The quantitative estimate of drug-likeness (QED) is 0.936. The Hall–Kier alpha value is -1.95. The van der Waals surface area contributed by atoms with Crippen molar-refractivity contribution in [2.45, 2.75) is 25.7 Å². The van der Waals surface area contributed by atoms with Crippen LogP contribution in [0.1, 0.15) is 24.1 Å². The zero-order valence-corrected chi connectivity index (χ0v) is 12.9. The first-order valence-corrected chi connectivity index (χ1v) is 8.17. The highest BCUT2D eigenvalue weighted by Gasteiger charge is 2.20. The van der Waals surface area contributed by atoms with E-state index in [0.29, 0.717) is 5.69 Å². The number of aliphatic carboxylic acids is 1. The van der Waals surface area contributed by atoms with E-state index in [4.69, 9.17) is 5.11 Å². The van der Waals surface area contributed by atoms with Gasteiger partial charge in [0.15, 0.2) is 5.13 Å². The molecule has 4 nitrogen and oxygen atoms in total. The molecular formula is C16H17FN2O2S. The summed E-state index contributed by atoms with van der Waals surface area (Å²) in [5, 5.41) is 9.98. The van der Waals surface area contributed by atoms with Gasteiger partial charge in [0.1, 0.15) is 5.82 Å². The molecule has 0 radical (unpaired) electrons. The number of carbonyl (C=O) groups is 1. The third-order valence-electron chi connectivity index (χ3n) is 3.74. The molecular weight excluding hydrogens is 303 g/mol. The summed E-state index contributed by atoms with van der Waals surface area (Å²) in [6, 6.07) is 6.05. The fourth-order valence-electron chi connectivity index (χ4n) is 2.65. The molecule has 0 spiro atoms. The Labute approximate surface area is 132 Å². The largest absolute Gasteiger partial charge is 0.481 e. The molecule has 1 N–H and O–H groups in total.